The number of hydrogen-bond acceptors (Lipinski definition) is 6. The lowest BCUT2D eigenvalue weighted by Gasteiger charge is -2.34. The van der Waals surface area contributed by atoms with Crippen LogP contribution >= 0.6 is 0 Å². The van der Waals surface area contributed by atoms with Crippen molar-refractivity contribution in [3.8, 4) is 0 Å². The Kier molecular flexibility index (Phi) is 6.82. The van der Waals surface area contributed by atoms with Crippen molar-refractivity contribution < 1.29 is 27.5 Å². The van der Waals surface area contributed by atoms with E-state index in [0.717, 1.165) is 24.6 Å². The first-order chi connectivity index (χ1) is 15.8. The Hall–Kier alpha value is -3.15. The maximum absolute atomic E-state index is 12.6. The van der Waals surface area contributed by atoms with E-state index in [2.05, 4.69) is 15.3 Å². The number of anilines is 1. The van der Waals surface area contributed by atoms with E-state index >= 15 is 0 Å². The monoisotopic (exact) mass is 466 g/mol. The largest absolute Gasteiger partial charge is 0.419 e. The van der Waals surface area contributed by atoms with Crippen molar-refractivity contribution in [1.82, 2.24) is 24.8 Å². The molecule has 0 unspecified atom stereocenters. The van der Waals surface area contributed by atoms with Crippen molar-refractivity contribution in [1.29, 1.82) is 0 Å². The van der Waals surface area contributed by atoms with Crippen LogP contribution in [0.2, 0.25) is 0 Å². The van der Waals surface area contributed by atoms with Crippen molar-refractivity contribution in [3.63, 3.8) is 0 Å². The minimum absolute atomic E-state index is 0.0280. The Morgan fingerprint density at radius 1 is 1.06 bits per heavy atom. The number of carbonyl (C=O) groups is 2. The minimum Gasteiger partial charge on any atom is -0.381 e. The maximum atomic E-state index is 12.6. The van der Waals surface area contributed by atoms with Crippen molar-refractivity contribution in [3.05, 3.63) is 41.5 Å². The third kappa shape index (κ3) is 5.44. The van der Waals surface area contributed by atoms with Crippen LogP contribution in [0.4, 0.5) is 19.1 Å². The fraction of sp³-hybridized carbons (Fsp3) is 0.524. The van der Waals surface area contributed by atoms with Gasteiger partial charge in [-0.25, -0.2) is 9.97 Å². The van der Waals surface area contributed by atoms with Crippen LogP contribution in [0, 0.1) is 0 Å². The normalized spacial score (nSPS) is 16.5. The molecule has 178 valence electrons. The Bertz CT molecular complexity index is 984. The average molecular weight is 466 g/mol. The fourth-order valence-corrected chi connectivity index (χ4v) is 3.95. The van der Waals surface area contributed by atoms with Crippen LogP contribution in [0.5, 0.6) is 0 Å². The number of rotatable bonds is 7. The van der Waals surface area contributed by atoms with Gasteiger partial charge in [0, 0.05) is 63.8 Å². The molecule has 33 heavy (non-hydrogen) atoms. The predicted octanol–water partition coefficient (Wildman–Crippen LogP) is 1.34. The molecule has 0 bridgehead atoms. The van der Waals surface area contributed by atoms with E-state index in [1.807, 2.05) is 16.7 Å². The Balaban J connectivity index is 1.15. The van der Waals surface area contributed by atoms with Crippen LogP contribution in [-0.4, -0.2) is 77.2 Å². The highest BCUT2D eigenvalue weighted by Gasteiger charge is 2.32. The number of hydrogen-bond donors (Lipinski definition) is 1. The number of amides is 2. The van der Waals surface area contributed by atoms with Crippen LogP contribution in [0.3, 0.4) is 0 Å². The summed E-state index contributed by atoms with van der Waals surface area (Å²) in [4.78, 5) is 35.3. The fourth-order valence-electron chi connectivity index (χ4n) is 3.95. The lowest BCUT2D eigenvalue weighted by atomic mass is 10.3. The summed E-state index contributed by atoms with van der Waals surface area (Å²) >= 11 is 0. The molecule has 0 atom stereocenters. The number of carbonyl (C=O) groups excluding carboxylic acids is 2. The molecular formula is C21H25F3N6O3. The van der Waals surface area contributed by atoms with Crippen molar-refractivity contribution >= 4 is 17.8 Å². The van der Waals surface area contributed by atoms with Crippen molar-refractivity contribution in [2.45, 2.75) is 25.6 Å². The van der Waals surface area contributed by atoms with E-state index in [-0.39, 0.29) is 24.2 Å². The molecule has 9 nitrogen and oxygen atoms in total. The highest BCUT2D eigenvalue weighted by molar-refractivity contribution is 5.93. The molecule has 0 radical (unpaired) electrons. The van der Waals surface area contributed by atoms with Crippen LogP contribution in [0.15, 0.2) is 24.5 Å². The summed E-state index contributed by atoms with van der Waals surface area (Å²) < 4.78 is 45.5. The quantitative estimate of drug-likeness (QED) is 0.620. The summed E-state index contributed by atoms with van der Waals surface area (Å²) in [6.07, 6.45) is -2.01. The number of piperazine rings is 1. The van der Waals surface area contributed by atoms with Gasteiger partial charge in [-0.2, -0.15) is 13.2 Å². The second-order valence-electron chi connectivity index (χ2n) is 7.87. The Morgan fingerprint density at radius 2 is 1.79 bits per heavy atom. The molecule has 2 amide bonds. The van der Waals surface area contributed by atoms with E-state index in [0.29, 0.717) is 58.1 Å². The molecule has 0 spiro atoms. The molecule has 2 aliphatic heterocycles. The molecule has 4 rings (SSSR count). The van der Waals surface area contributed by atoms with Crippen molar-refractivity contribution in [2.24, 2.45) is 0 Å². The van der Waals surface area contributed by atoms with Gasteiger partial charge in [0.1, 0.15) is 5.69 Å². The van der Waals surface area contributed by atoms with Crippen LogP contribution in [0.25, 0.3) is 0 Å². The van der Waals surface area contributed by atoms with Gasteiger partial charge in [-0.15, -0.1) is 0 Å². The molecule has 2 aromatic rings. The third-order valence-electron chi connectivity index (χ3n) is 5.77. The van der Waals surface area contributed by atoms with Gasteiger partial charge >= 0.3 is 6.18 Å². The summed E-state index contributed by atoms with van der Waals surface area (Å²) in [6.45, 7) is 3.90. The molecule has 1 fully saturated rings. The minimum atomic E-state index is -4.47. The molecular weight excluding hydrogens is 441 g/mol. The first-order valence-electron chi connectivity index (χ1n) is 10.8. The molecule has 2 aromatic heterocycles. The smallest absolute Gasteiger partial charge is 0.381 e. The van der Waals surface area contributed by atoms with E-state index in [1.165, 1.54) is 0 Å². The maximum Gasteiger partial charge on any atom is 0.419 e. The summed E-state index contributed by atoms with van der Waals surface area (Å²) in [6, 6.07) is 3.73. The second kappa shape index (κ2) is 9.77. The Labute approximate surface area is 188 Å². The number of halogens is 3. The summed E-state index contributed by atoms with van der Waals surface area (Å²) in [5.74, 6) is 0.132. The first-order valence-corrected chi connectivity index (χ1v) is 10.8. The van der Waals surface area contributed by atoms with Gasteiger partial charge in [-0.3, -0.25) is 9.59 Å². The van der Waals surface area contributed by atoms with Gasteiger partial charge < -0.3 is 24.4 Å². The topological polar surface area (TPSA) is 92.6 Å². The van der Waals surface area contributed by atoms with Crippen molar-refractivity contribution in [2.75, 3.05) is 50.8 Å². The van der Waals surface area contributed by atoms with Crippen LogP contribution in [-0.2, 0) is 28.7 Å². The van der Waals surface area contributed by atoms with Gasteiger partial charge in [-0.1, -0.05) is 0 Å². The number of alkyl halides is 3. The molecule has 0 saturated carbocycles. The number of fused-ring (bicyclic) bond motifs is 1. The molecule has 0 aromatic carbocycles. The van der Waals surface area contributed by atoms with E-state index < -0.39 is 11.7 Å². The summed E-state index contributed by atoms with van der Waals surface area (Å²) in [7, 11) is 0. The van der Waals surface area contributed by atoms with Gasteiger partial charge in [-0.05, 0) is 12.1 Å². The first kappa shape index (κ1) is 23.0. The highest BCUT2D eigenvalue weighted by Crippen LogP contribution is 2.28. The SMILES string of the molecule is O=C1NCCn2c(CCOCCC(=O)N3CCN(c4ncc(C(F)(F)F)cn4)CC3)ccc21. The average Bonchev–Trinajstić information content (AvgIpc) is 3.23. The number of ether oxygens (including phenoxy) is 1. The zero-order chi connectivity index (χ0) is 23.4. The van der Waals surface area contributed by atoms with Gasteiger partial charge in [0.25, 0.3) is 5.91 Å². The molecule has 0 aliphatic carbocycles. The van der Waals surface area contributed by atoms with Crippen LogP contribution in [0.1, 0.15) is 28.2 Å². The second-order valence-corrected chi connectivity index (χ2v) is 7.87. The van der Waals surface area contributed by atoms with E-state index in [4.69, 9.17) is 4.74 Å². The van der Waals surface area contributed by atoms with Crippen LogP contribution < -0.4 is 10.2 Å². The lowest BCUT2D eigenvalue weighted by molar-refractivity contribution is -0.138. The number of aromatic nitrogens is 3. The van der Waals surface area contributed by atoms with Gasteiger partial charge in [0.2, 0.25) is 11.9 Å². The highest BCUT2D eigenvalue weighted by atomic mass is 19.4. The third-order valence-corrected chi connectivity index (χ3v) is 5.77. The van der Waals surface area contributed by atoms with Gasteiger partial charge in [0.05, 0.1) is 25.2 Å². The molecule has 2 aliphatic rings. The number of nitrogens with zero attached hydrogens (tertiary/aromatic N) is 5. The molecule has 12 heteroatoms. The molecule has 4 heterocycles. The summed E-state index contributed by atoms with van der Waals surface area (Å²) in [5.41, 5.74) is 0.808. The lowest BCUT2D eigenvalue weighted by Crippen LogP contribution is -2.49. The Morgan fingerprint density at radius 3 is 2.48 bits per heavy atom. The molecule has 1 N–H and O–H groups in total. The standard InChI is InChI=1S/C21H25F3N6O3/c22-21(23,24)15-13-26-20(27-14-15)29-9-7-28(8-10-29)18(31)4-12-33-11-3-16-1-2-17-19(32)25-5-6-30(16)17/h1-2,13-14H,3-12H2,(H,25,32). The van der Waals surface area contributed by atoms with E-state index in [9.17, 15) is 22.8 Å². The van der Waals surface area contributed by atoms with E-state index in [1.54, 1.807) is 9.80 Å². The number of nitrogens with one attached hydrogen (secondary N) is 1. The molecule has 1 saturated heterocycles. The van der Waals surface area contributed by atoms with Gasteiger partial charge in [0.15, 0.2) is 0 Å². The zero-order valence-electron chi connectivity index (χ0n) is 18.0. The zero-order valence-corrected chi connectivity index (χ0v) is 18.0. The summed E-state index contributed by atoms with van der Waals surface area (Å²) in [5, 5.41) is 2.81. The predicted molar refractivity (Wildman–Crippen MR) is 112 cm³/mol.